The fourth-order valence-corrected chi connectivity index (χ4v) is 0.418. The third-order valence-electron chi connectivity index (χ3n) is 0.733. The average Bonchev–Trinajstić information content (AvgIpc) is 1.87. The summed E-state index contributed by atoms with van der Waals surface area (Å²) in [5.41, 5.74) is 0. The van der Waals surface area contributed by atoms with E-state index in [1.165, 1.54) is 0 Å². The van der Waals surface area contributed by atoms with Crippen LogP contribution in [0, 0.1) is 0 Å². The van der Waals surface area contributed by atoms with Crippen molar-refractivity contribution in [1.29, 1.82) is 0 Å². The van der Waals surface area contributed by atoms with Crippen LogP contribution in [-0.2, 0) is 9.47 Å². The van der Waals surface area contributed by atoms with Gasteiger partial charge in [0.1, 0.15) is 12.7 Å². The van der Waals surface area contributed by atoms with Gasteiger partial charge in [-0.1, -0.05) is 0 Å². The lowest BCUT2D eigenvalue weighted by molar-refractivity contribution is 0.121. The zero-order chi connectivity index (χ0) is 5.28. The highest BCUT2D eigenvalue weighted by Crippen LogP contribution is 2.02. The fraction of sp³-hybridized carbons (Fsp3) is 0.750. The minimum atomic E-state index is -0.549. The predicted octanol–water partition coefficient (Wildman–Crippen LogP) is 0.600. The van der Waals surface area contributed by atoms with Crippen LogP contribution >= 0.6 is 9.90 Å². The van der Waals surface area contributed by atoms with Crippen LogP contribution in [0.4, 0.5) is 4.79 Å². The Labute approximate surface area is 51.0 Å². The van der Waals surface area contributed by atoms with Gasteiger partial charge in [0, 0.05) is 0 Å². The van der Waals surface area contributed by atoms with Crippen LogP contribution in [0.2, 0.25) is 0 Å². The van der Waals surface area contributed by atoms with Crippen LogP contribution in [0.1, 0.15) is 6.92 Å². The maximum Gasteiger partial charge on any atom is 0.508 e. The van der Waals surface area contributed by atoms with E-state index >= 15 is 0 Å². The van der Waals surface area contributed by atoms with E-state index in [4.69, 9.17) is 0 Å². The Kier molecular flexibility index (Phi) is 2.77. The molecule has 0 aliphatic carbocycles. The fourth-order valence-electron chi connectivity index (χ4n) is 0.418. The molecule has 0 saturated carbocycles. The van der Waals surface area contributed by atoms with Crippen molar-refractivity contribution >= 4 is 16.1 Å². The maximum absolute atomic E-state index is 10.0. The lowest BCUT2D eigenvalue weighted by Gasteiger charge is -1.90. The van der Waals surface area contributed by atoms with Gasteiger partial charge in [0.05, 0.1) is 0 Å². The molecule has 48 valence electrons. The number of carbonyl (C=O) groups is 1. The van der Waals surface area contributed by atoms with Crippen LogP contribution in [0.3, 0.4) is 0 Å². The van der Waals surface area contributed by atoms with Gasteiger partial charge in [-0.25, -0.2) is 4.79 Å². The van der Waals surface area contributed by atoms with E-state index in [0.29, 0.717) is 6.61 Å². The Morgan fingerprint density at radius 1 is 1.75 bits per heavy atom. The Balaban J connectivity index is 0.000000490. The molecule has 1 rings (SSSR count). The van der Waals surface area contributed by atoms with Gasteiger partial charge >= 0.3 is 6.16 Å². The second kappa shape index (κ2) is 2.88. The summed E-state index contributed by atoms with van der Waals surface area (Å²) in [5, 5.41) is 0. The summed E-state index contributed by atoms with van der Waals surface area (Å²) in [7, 11) is 0. The van der Waals surface area contributed by atoms with Gasteiger partial charge in [-0.3, -0.25) is 0 Å². The number of ether oxygens (including phenoxy) is 2. The molecule has 8 heavy (non-hydrogen) atoms. The molecule has 0 bridgehead atoms. The third kappa shape index (κ3) is 1.66. The zero-order valence-electron chi connectivity index (χ0n) is 4.72. The predicted molar refractivity (Wildman–Crippen MR) is 33.0 cm³/mol. The van der Waals surface area contributed by atoms with Gasteiger partial charge in [-0.05, 0) is 6.92 Å². The normalized spacial score (nSPS) is 25.6. The Bertz CT molecular complexity index is 93.3. The number of carbonyl (C=O) groups excluding carboxylic acids is 1. The molecule has 2 atom stereocenters. The second-order valence-electron chi connectivity index (χ2n) is 1.49. The van der Waals surface area contributed by atoms with Gasteiger partial charge in [-0.2, -0.15) is 9.90 Å². The molecule has 1 aliphatic heterocycles. The highest BCUT2D eigenvalue weighted by atomic mass is 31.0. The summed E-state index contributed by atoms with van der Waals surface area (Å²) in [6.07, 6.45) is -0.597. The number of hydrogen-bond donors (Lipinski definition) is 0. The van der Waals surface area contributed by atoms with E-state index in [2.05, 4.69) is 9.47 Å². The number of rotatable bonds is 0. The summed E-state index contributed by atoms with van der Waals surface area (Å²) in [6, 6.07) is 0. The van der Waals surface area contributed by atoms with Crippen LogP contribution in [0.15, 0.2) is 0 Å². The molecule has 0 radical (unpaired) electrons. The average molecular weight is 136 g/mol. The third-order valence-corrected chi connectivity index (χ3v) is 0.733. The van der Waals surface area contributed by atoms with E-state index in [-0.39, 0.29) is 16.0 Å². The van der Waals surface area contributed by atoms with Gasteiger partial charge in [0.15, 0.2) is 0 Å². The molecule has 0 amide bonds. The number of cyclic esters (lactones) is 2. The van der Waals surface area contributed by atoms with Crippen LogP contribution < -0.4 is 0 Å². The zero-order valence-corrected chi connectivity index (χ0v) is 6.13. The monoisotopic (exact) mass is 136 g/mol. The molecule has 0 N–H and O–H groups in total. The molecule has 1 heterocycles. The molecule has 3 nitrogen and oxygen atoms in total. The summed E-state index contributed by atoms with van der Waals surface area (Å²) in [5.74, 6) is 0. The Morgan fingerprint density at radius 3 is 2.50 bits per heavy atom. The summed E-state index contributed by atoms with van der Waals surface area (Å²) in [6.45, 7) is 2.18. The largest absolute Gasteiger partial charge is 0.508 e. The van der Waals surface area contributed by atoms with Crippen molar-refractivity contribution in [2.24, 2.45) is 0 Å². The molecule has 0 aromatic carbocycles. The van der Waals surface area contributed by atoms with Gasteiger partial charge in [0.2, 0.25) is 0 Å². The van der Waals surface area contributed by atoms with Crippen LogP contribution in [0.5, 0.6) is 0 Å². The lowest BCUT2D eigenvalue weighted by Crippen LogP contribution is -2.01. The summed E-state index contributed by atoms with van der Waals surface area (Å²) < 4.78 is 8.90. The van der Waals surface area contributed by atoms with Crippen molar-refractivity contribution in [2.75, 3.05) is 6.61 Å². The minimum Gasteiger partial charge on any atom is -0.430 e. The minimum absolute atomic E-state index is 0. The first-order valence-corrected chi connectivity index (χ1v) is 2.12. The molecular weight excluding hydrogens is 127 g/mol. The molecular formula is C4H9O3P. The van der Waals surface area contributed by atoms with Crippen LogP contribution in [-0.4, -0.2) is 18.9 Å². The van der Waals surface area contributed by atoms with Crippen molar-refractivity contribution in [1.82, 2.24) is 0 Å². The first-order chi connectivity index (χ1) is 3.29. The molecule has 2 unspecified atom stereocenters. The summed E-state index contributed by atoms with van der Waals surface area (Å²) in [4.78, 5) is 10.0. The second-order valence-corrected chi connectivity index (χ2v) is 1.49. The summed E-state index contributed by atoms with van der Waals surface area (Å²) >= 11 is 0. The van der Waals surface area contributed by atoms with Gasteiger partial charge in [-0.15, -0.1) is 0 Å². The van der Waals surface area contributed by atoms with Crippen molar-refractivity contribution in [2.45, 2.75) is 13.0 Å². The Hall–Kier alpha value is -0.300. The molecule has 0 spiro atoms. The van der Waals surface area contributed by atoms with Crippen molar-refractivity contribution in [3.8, 4) is 0 Å². The Morgan fingerprint density at radius 2 is 2.38 bits per heavy atom. The topological polar surface area (TPSA) is 35.5 Å². The van der Waals surface area contributed by atoms with Crippen molar-refractivity contribution in [3.63, 3.8) is 0 Å². The van der Waals surface area contributed by atoms with E-state index in [9.17, 15) is 4.79 Å². The van der Waals surface area contributed by atoms with Crippen LogP contribution in [0.25, 0.3) is 0 Å². The maximum atomic E-state index is 10.0. The number of hydrogen-bond acceptors (Lipinski definition) is 3. The van der Waals surface area contributed by atoms with Gasteiger partial charge in [0.25, 0.3) is 0 Å². The lowest BCUT2D eigenvalue weighted by atomic mass is 10.5. The quantitative estimate of drug-likeness (QED) is 0.361. The molecule has 1 aliphatic rings. The first-order valence-electron chi connectivity index (χ1n) is 2.12. The molecule has 0 aromatic rings. The highest BCUT2D eigenvalue weighted by Gasteiger charge is 2.19. The van der Waals surface area contributed by atoms with E-state index in [1.54, 1.807) is 6.92 Å². The molecule has 1 saturated heterocycles. The molecule has 4 heteroatoms. The first kappa shape index (κ1) is 7.70. The highest BCUT2D eigenvalue weighted by molar-refractivity contribution is 6.92. The van der Waals surface area contributed by atoms with Crippen molar-refractivity contribution in [3.05, 3.63) is 0 Å². The SMILES string of the molecule is CC1COC(=O)O1.P. The molecule has 1 fully saturated rings. The molecule has 0 aromatic heterocycles. The van der Waals surface area contributed by atoms with E-state index in [1.807, 2.05) is 0 Å². The van der Waals surface area contributed by atoms with Crippen molar-refractivity contribution < 1.29 is 14.3 Å². The standard InChI is InChI=1S/C4H6O3.H3P/c1-3-2-6-4(5)7-3;/h3H,2H2,1H3;1H3. The van der Waals surface area contributed by atoms with E-state index < -0.39 is 6.16 Å². The smallest absolute Gasteiger partial charge is 0.430 e. The van der Waals surface area contributed by atoms with Gasteiger partial charge < -0.3 is 9.47 Å². The van der Waals surface area contributed by atoms with E-state index in [0.717, 1.165) is 0 Å².